The van der Waals surface area contributed by atoms with Gasteiger partial charge in [-0.25, -0.2) is 4.39 Å². The molecule has 3 nitrogen and oxygen atoms in total. The van der Waals surface area contributed by atoms with Crippen LogP contribution in [0, 0.1) is 5.82 Å². The number of carbonyl (C=O) groups is 1. The van der Waals surface area contributed by atoms with Crippen LogP contribution in [0.25, 0.3) is 0 Å². The summed E-state index contributed by atoms with van der Waals surface area (Å²) in [6.07, 6.45) is 0. The molecule has 1 fully saturated rings. The molecule has 0 aromatic heterocycles. The van der Waals surface area contributed by atoms with E-state index in [1.54, 1.807) is 6.07 Å². The Balaban J connectivity index is 2.14. The Labute approximate surface area is 101 Å². The largest absolute Gasteiger partial charge is 0.480 e. The molecule has 86 valence electrons. The molecule has 1 aliphatic heterocycles. The van der Waals surface area contributed by atoms with E-state index >= 15 is 0 Å². The Bertz CT molecular complexity index is 429. The molecule has 0 saturated carbocycles. The van der Waals surface area contributed by atoms with E-state index in [-0.39, 0.29) is 10.4 Å². The zero-order chi connectivity index (χ0) is 11.7. The molecule has 0 amide bonds. The molecule has 2 rings (SSSR count). The van der Waals surface area contributed by atoms with E-state index in [4.69, 9.17) is 16.7 Å². The first-order chi connectivity index (χ1) is 7.58. The molecule has 0 aliphatic carbocycles. The molecule has 0 radical (unpaired) electrons. The smallest absolute Gasteiger partial charge is 0.321 e. The van der Waals surface area contributed by atoms with Crippen LogP contribution in [0.2, 0.25) is 5.02 Å². The zero-order valence-corrected chi connectivity index (χ0v) is 9.69. The number of carboxylic acids is 1. The fourth-order valence-corrected chi connectivity index (χ4v) is 2.89. The number of rotatable bonds is 2. The highest BCUT2D eigenvalue weighted by Gasteiger charge is 2.30. The van der Waals surface area contributed by atoms with Gasteiger partial charge in [-0.05, 0) is 17.7 Å². The Morgan fingerprint density at radius 1 is 1.62 bits per heavy atom. The van der Waals surface area contributed by atoms with E-state index in [1.165, 1.54) is 23.9 Å². The number of halogens is 2. The number of thioether (sulfide) groups is 1. The number of carboxylic acid groups (broad SMARTS) is 1. The molecule has 0 spiro atoms. The van der Waals surface area contributed by atoms with Crippen molar-refractivity contribution < 1.29 is 14.3 Å². The SMILES string of the molecule is O=C(O)[C@H]1CSC(c2ccc(F)c(Cl)c2)N1. The number of aliphatic carboxylic acids is 1. The maximum absolute atomic E-state index is 12.9. The second-order valence-electron chi connectivity index (χ2n) is 3.44. The minimum absolute atomic E-state index is 0.0543. The van der Waals surface area contributed by atoms with Crippen molar-refractivity contribution >= 4 is 29.3 Å². The molecule has 1 saturated heterocycles. The van der Waals surface area contributed by atoms with Crippen LogP contribution in [0.4, 0.5) is 4.39 Å². The van der Waals surface area contributed by atoms with E-state index in [1.807, 2.05) is 0 Å². The summed E-state index contributed by atoms with van der Waals surface area (Å²) in [5.41, 5.74) is 0.792. The molecule has 16 heavy (non-hydrogen) atoms. The van der Waals surface area contributed by atoms with Gasteiger partial charge in [0.15, 0.2) is 0 Å². The van der Waals surface area contributed by atoms with Crippen LogP contribution in [0.15, 0.2) is 18.2 Å². The van der Waals surface area contributed by atoms with Crippen LogP contribution >= 0.6 is 23.4 Å². The van der Waals surface area contributed by atoms with Crippen LogP contribution in [-0.2, 0) is 4.79 Å². The zero-order valence-electron chi connectivity index (χ0n) is 8.11. The molecule has 1 unspecified atom stereocenters. The van der Waals surface area contributed by atoms with Gasteiger partial charge in [-0.15, -0.1) is 11.8 Å². The van der Waals surface area contributed by atoms with Crippen molar-refractivity contribution in [2.45, 2.75) is 11.4 Å². The predicted octanol–water partition coefficient (Wildman–Crippen LogP) is 2.27. The molecule has 1 heterocycles. The van der Waals surface area contributed by atoms with Gasteiger partial charge in [-0.3, -0.25) is 10.1 Å². The second-order valence-corrected chi connectivity index (χ2v) is 4.99. The molecular weight excluding hydrogens is 253 g/mol. The maximum atomic E-state index is 12.9. The normalized spacial score (nSPS) is 24.6. The number of hydrogen-bond donors (Lipinski definition) is 2. The minimum atomic E-state index is -0.872. The fraction of sp³-hybridized carbons (Fsp3) is 0.300. The van der Waals surface area contributed by atoms with Gasteiger partial charge < -0.3 is 5.11 Å². The highest BCUT2D eigenvalue weighted by atomic mass is 35.5. The van der Waals surface area contributed by atoms with E-state index in [2.05, 4.69) is 5.32 Å². The summed E-state index contributed by atoms with van der Waals surface area (Å²) < 4.78 is 12.9. The average molecular weight is 262 g/mol. The first-order valence-electron chi connectivity index (χ1n) is 4.63. The average Bonchev–Trinajstić information content (AvgIpc) is 2.71. The van der Waals surface area contributed by atoms with Crippen molar-refractivity contribution in [3.63, 3.8) is 0 Å². The molecule has 0 bridgehead atoms. The molecule has 2 atom stereocenters. The second kappa shape index (κ2) is 4.61. The third kappa shape index (κ3) is 2.31. The summed E-state index contributed by atoms with van der Waals surface area (Å²) in [7, 11) is 0. The van der Waals surface area contributed by atoms with Crippen molar-refractivity contribution in [1.29, 1.82) is 0 Å². The van der Waals surface area contributed by atoms with Crippen LogP contribution in [0.3, 0.4) is 0 Å². The summed E-state index contributed by atoms with van der Waals surface area (Å²) in [6.45, 7) is 0. The van der Waals surface area contributed by atoms with Gasteiger partial charge in [0.1, 0.15) is 11.9 Å². The first kappa shape index (κ1) is 11.7. The Morgan fingerprint density at radius 2 is 2.38 bits per heavy atom. The van der Waals surface area contributed by atoms with Gasteiger partial charge in [-0.1, -0.05) is 17.7 Å². The Kier molecular flexibility index (Phi) is 3.37. The van der Waals surface area contributed by atoms with Crippen molar-refractivity contribution in [3.8, 4) is 0 Å². The number of benzene rings is 1. The Morgan fingerprint density at radius 3 is 2.94 bits per heavy atom. The van der Waals surface area contributed by atoms with Gasteiger partial charge in [-0.2, -0.15) is 0 Å². The third-order valence-electron chi connectivity index (χ3n) is 2.33. The van der Waals surface area contributed by atoms with Crippen LogP contribution in [-0.4, -0.2) is 22.9 Å². The predicted molar refractivity (Wildman–Crippen MR) is 61.2 cm³/mol. The molecular formula is C10H9ClFNO2S. The van der Waals surface area contributed by atoms with Crippen molar-refractivity contribution in [3.05, 3.63) is 34.6 Å². The summed E-state index contributed by atoms with van der Waals surface area (Å²) in [5, 5.41) is 11.7. The minimum Gasteiger partial charge on any atom is -0.480 e. The van der Waals surface area contributed by atoms with E-state index < -0.39 is 17.8 Å². The molecule has 1 aliphatic rings. The van der Waals surface area contributed by atoms with Gasteiger partial charge in [0.2, 0.25) is 0 Å². The molecule has 1 aromatic rings. The number of nitrogens with one attached hydrogen (secondary N) is 1. The fourth-order valence-electron chi connectivity index (χ4n) is 1.48. The highest BCUT2D eigenvalue weighted by molar-refractivity contribution is 7.99. The Hall–Kier alpha value is -0.780. The van der Waals surface area contributed by atoms with E-state index in [9.17, 15) is 9.18 Å². The highest BCUT2D eigenvalue weighted by Crippen LogP contribution is 2.34. The molecule has 6 heteroatoms. The monoisotopic (exact) mass is 261 g/mol. The van der Waals surface area contributed by atoms with Crippen molar-refractivity contribution in [2.24, 2.45) is 0 Å². The first-order valence-corrected chi connectivity index (χ1v) is 6.06. The molecule has 2 N–H and O–H groups in total. The van der Waals surface area contributed by atoms with Crippen molar-refractivity contribution in [1.82, 2.24) is 5.32 Å². The summed E-state index contributed by atoms with van der Waals surface area (Å²) in [5.74, 6) is -0.846. The van der Waals surface area contributed by atoms with Gasteiger partial charge in [0, 0.05) is 5.75 Å². The van der Waals surface area contributed by atoms with Gasteiger partial charge in [0.25, 0.3) is 0 Å². The quantitative estimate of drug-likeness (QED) is 0.858. The lowest BCUT2D eigenvalue weighted by Gasteiger charge is -2.11. The van der Waals surface area contributed by atoms with Gasteiger partial charge in [0.05, 0.1) is 10.4 Å². The third-order valence-corrected chi connectivity index (χ3v) is 3.88. The lowest BCUT2D eigenvalue weighted by atomic mass is 10.2. The summed E-state index contributed by atoms with van der Waals surface area (Å²) in [6, 6.07) is 3.86. The standard InChI is InChI=1S/C10H9ClFNO2S/c11-6-3-5(1-2-7(6)12)9-13-8(4-16-9)10(14)15/h1-3,8-9,13H,4H2,(H,14,15)/t8-,9?/m1/s1. The topological polar surface area (TPSA) is 49.3 Å². The van der Waals surface area contributed by atoms with Gasteiger partial charge >= 0.3 is 5.97 Å². The van der Waals surface area contributed by atoms with Crippen LogP contribution in [0.1, 0.15) is 10.9 Å². The number of hydrogen-bond acceptors (Lipinski definition) is 3. The van der Waals surface area contributed by atoms with Crippen LogP contribution < -0.4 is 5.32 Å². The lowest BCUT2D eigenvalue weighted by Crippen LogP contribution is -2.33. The van der Waals surface area contributed by atoms with Crippen LogP contribution in [0.5, 0.6) is 0 Å². The summed E-state index contributed by atoms with van der Waals surface area (Å²) >= 11 is 7.14. The maximum Gasteiger partial charge on any atom is 0.321 e. The van der Waals surface area contributed by atoms with E-state index in [0.717, 1.165) is 5.56 Å². The summed E-state index contributed by atoms with van der Waals surface area (Å²) in [4.78, 5) is 10.7. The lowest BCUT2D eigenvalue weighted by molar-refractivity contribution is -0.138. The van der Waals surface area contributed by atoms with E-state index in [0.29, 0.717) is 5.75 Å². The molecule has 1 aromatic carbocycles. The van der Waals surface area contributed by atoms with Crippen molar-refractivity contribution in [2.75, 3.05) is 5.75 Å².